The van der Waals surface area contributed by atoms with Gasteiger partial charge in [0.05, 0.1) is 30.1 Å². The average Bonchev–Trinajstić information content (AvgIpc) is 3.11. The number of allylic oxidation sites excluding steroid dienone is 1. The van der Waals surface area contributed by atoms with Crippen molar-refractivity contribution in [3.63, 3.8) is 0 Å². The van der Waals surface area contributed by atoms with E-state index in [1.54, 1.807) is 31.6 Å². The molecule has 0 saturated carbocycles. The van der Waals surface area contributed by atoms with E-state index < -0.39 is 6.04 Å². The highest BCUT2D eigenvalue weighted by Gasteiger charge is 2.31. The summed E-state index contributed by atoms with van der Waals surface area (Å²) in [6.45, 7) is 4.02. The van der Waals surface area contributed by atoms with Gasteiger partial charge in [-0.2, -0.15) is 0 Å². The Morgan fingerprint density at radius 1 is 1.25 bits per heavy atom. The molecule has 0 fully saturated rings. The van der Waals surface area contributed by atoms with E-state index in [2.05, 4.69) is 25.9 Å². The number of hydrogen-bond acceptors (Lipinski definition) is 4. The molecule has 0 bridgehead atoms. The van der Waals surface area contributed by atoms with Gasteiger partial charge in [-0.25, -0.2) is 9.78 Å². The van der Waals surface area contributed by atoms with Crippen molar-refractivity contribution in [1.29, 1.82) is 0 Å². The Balaban J connectivity index is 1.59. The van der Waals surface area contributed by atoms with E-state index in [-0.39, 0.29) is 11.9 Å². The quantitative estimate of drug-likeness (QED) is 0.648. The summed E-state index contributed by atoms with van der Waals surface area (Å²) in [7, 11) is 0. The second kappa shape index (κ2) is 7.15. The van der Waals surface area contributed by atoms with Crippen molar-refractivity contribution in [2.24, 2.45) is 0 Å². The lowest BCUT2D eigenvalue weighted by Gasteiger charge is -2.28. The van der Waals surface area contributed by atoms with Crippen LogP contribution in [0.2, 0.25) is 0 Å². The summed E-state index contributed by atoms with van der Waals surface area (Å²) in [6, 6.07) is 6.63. The van der Waals surface area contributed by atoms with Gasteiger partial charge in [-0.05, 0) is 37.1 Å². The Morgan fingerprint density at radius 2 is 2.11 bits per heavy atom. The fourth-order valence-electron chi connectivity index (χ4n) is 3.39. The molecule has 1 aliphatic rings. The smallest absolute Gasteiger partial charge is 0.319 e. The van der Waals surface area contributed by atoms with Crippen molar-refractivity contribution in [3.05, 3.63) is 77.1 Å². The summed E-state index contributed by atoms with van der Waals surface area (Å²) in [5.41, 5.74) is 4.52. The molecule has 8 heteroatoms. The van der Waals surface area contributed by atoms with Gasteiger partial charge in [-0.15, -0.1) is 0 Å². The number of nitrogens with one attached hydrogen (secondary N) is 3. The summed E-state index contributed by atoms with van der Waals surface area (Å²) in [4.78, 5) is 33.4. The third kappa shape index (κ3) is 3.20. The minimum atomic E-state index is -0.563. The molecule has 3 aromatic heterocycles. The number of nitrogens with zero attached hydrogens (tertiary/aromatic N) is 3. The van der Waals surface area contributed by atoms with Gasteiger partial charge in [0.25, 0.3) is 5.91 Å². The van der Waals surface area contributed by atoms with Crippen LogP contribution in [-0.2, 0) is 11.3 Å². The molecule has 142 valence electrons. The fraction of sp³-hybridized carbons (Fsp3) is 0.200. The topological polar surface area (TPSA) is 100 Å². The van der Waals surface area contributed by atoms with Gasteiger partial charge >= 0.3 is 6.03 Å². The zero-order valence-corrected chi connectivity index (χ0v) is 15.6. The molecule has 0 saturated heterocycles. The normalized spacial score (nSPS) is 16.6. The van der Waals surface area contributed by atoms with Gasteiger partial charge in [0.2, 0.25) is 0 Å². The van der Waals surface area contributed by atoms with Crippen molar-refractivity contribution in [2.75, 3.05) is 0 Å². The maximum atomic E-state index is 13.0. The number of aromatic nitrogens is 3. The zero-order valence-electron chi connectivity index (χ0n) is 15.6. The summed E-state index contributed by atoms with van der Waals surface area (Å²) >= 11 is 0. The number of pyridine rings is 2. The van der Waals surface area contributed by atoms with Crippen LogP contribution in [0.4, 0.5) is 4.79 Å². The van der Waals surface area contributed by atoms with E-state index in [0.29, 0.717) is 17.8 Å². The molecule has 4 heterocycles. The van der Waals surface area contributed by atoms with Crippen LogP contribution >= 0.6 is 0 Å². The largest absolute Gasteiger partial charge is 0.347 e. The van der Waals surface area contributed by atoms with Crippen LogP contribution in [0.5, 0.6) is 0 Å². The standard InChI is InChI=1S/C20H20N6O2/c1-12-5-4-8-26-15(10-22-18(12)26)11-23-19(27)16-13(2)24-20(28)25-17(16)14-6-3-7-21-9-14/h3-10,17H,11H2,1-2H3,(H,23,27)(H2,24,25,28). The second-order valence-electron chi connectivity index (χ2n) is 6.67. The number of hydrogen-bond donors (Lipinski definition) is 3. The molecule has 3 amide bonds. The van der Waals surface area contributed by atoms with Crippen molar-refractivity contribution >= 4 is 17.6 Å². The minimum absolute atomic E-state index is 0.263. The van der Waals surface area contributed by atoms with E-state index in [1.807, 2.05) is 35.7 Å². The van der Waals surface area contributed by atoms with Gasteiger partial charge < -0.3 is 20.4 Å². The van der Waals surface area contributed by atoms with Crippen molar-refractivity contribution in [2.45, 2.75) is 26.4 Å². The first kappa shape index (κ1) is 17.7. The molecule has 0 radical (unpaired) electrons. The average molecular weight is 376 g/mol. The number of amides is 3. The Hall–Kier alpha value is -3.68. The van der Waals surface area contributed by atoms with Crippen molar-refractivity contribution in [3.8, 4) is 0 Å². The molecule has 4 rings (SSSR count). The number of urea groups is 1. The van der Waals surface area contributed by atoms with Gasteiger partial charge in [0, 0.05) is 24.3 Å². The Morgan fingerprint density at radius 3 is 2.89 bits per heavy atom. The number of carbonyl (C=O) groups is 2. The molecular weight excluding hydrogens is 356 g/mol. The fourth-order valence-corrected chi connectivity index (χ4v) is 3.39. The Kier molecular flexibility index (Phi) is 4.52. The molecule has 1 atom stereocenters. The van der Waals surface area contributed by atoms with Crippen molar-refractivity contribution in [1.82, 2.24) is 30.3 Å². The van der Waals surface area contributed by atoms with Crippen LogP contribution < -0.4 is 16.0 Å². The predicted octanol–water partition coefficient (Wildman–Crippen LogP) is 1.98. The summed E-state index contributed by atoms with van der Waals surface area (Å²) in [5, 5.41) is 8.41. The Labute approximate surface area is 161 Å². The van der Waals surface area contributed by atoms with Gasteiger partial charge in [-0.1, -0.05) is 12.1 Å². The maximum absolute atomic E-state index is 13.0. The molecule has 1 aliphatic heterocycles. The number of fused-ring (bicyclic) bond motifs is 1. The molecule has 3 N–H and O–H groups in total. The maximum Gasteiger partial charge on any atom is 0.319 e. The number of carbonyl (C=O) groups excluding carboxylic acids is 2. The van der Waals surface area contributed by atoms with Crippen LogP contribution in [-0.4, -0.2) is 26.3 Å². The molecular formula is C20H20N6O2. The first-order valence-corrected chi connectivity index (χ1v) is 8.92. The lowest BCUT2D eigenvalue weighted by Crippen LogP contribution is -2.47. The van der Waals surface area contributed by atoms with E-state index in [1.165, 1.54) is 0 Å². The molecule has 3 aromatic rings. The van der Waals surface area contributed by atoms with E-state index in [4.69, 9.17) is 0 Å². The monoisotopic (exact) mass is 376 g/mol. The zero-order chi connectivity index (χ0) is 19.7. The molecule has 1 unspecified atom stereocenters. The van der Waals surface area contributed by atoms with E-state index in [9.17, 15) is 9.59 Å². The third-order valence-electron chi connectivity index (χ3n) is 4.77. The van der Waals surface area contributed by atoms with E-state index >= 15 is 0 Å². The summed E-state index contributed by atoms with van der Waals surface area (Å²) in [5.74, 6) is -0.263. The predicted molar refractivity (Wildman–Crippen MR) is 103 cm³/mol. The minimum Gasteiger partial charge on any atom is -0.347 e. The van der Waals surface area contributed by atoms with Gasteiger partial charge in [0.1, 0.15) is 5.65 Å². The third-order valence-corrected chi connectivity index (χ3v) is 4.77. The first-order valence-electron chi connectivity index (χ1n) is 8.92. The molecule has 8 nitrogen and oxygen atoms in total. The van der Waals surface area contributed by atoms with Crippen LogP contribution in [0.25, 0.3) is 5.65 Å². The van der Waals surface area contributed by atoms with Crippen LogP contribution in [0.1, 0.15) is 29.8 Å². The lowest BCUT2D eigenvalue weighted by atomic mass is 9.96. The first-order chi connectivity index (χ1) is 13.5. The molecule has 28 heavy (non-hydrogen) atoms. The highest BCUT2D eigenvalue weighted by atomic mass is 16.2. The molecule has 0 aromatic carbocycles. The lowest BCUT2D eigenvalue weighted by molar-refractivity contribution is -0.118. The van der Waals surface area contributed by atoms with E-state index in [0.717, 1.165) is 22.5 Å². The Bertz CT molecular complexity index is 1090. The van der Waals surface area contributed by atoms with Gasteiger partial charge in [0.15, 0.2) is 0 Å². The highest BCUT2D eigenvalue weighted by Crippen LogP contribution is 2.26. The van der Waals surface area contributed by atoms with Gasteiger partial charge in [-0.3, -0.25) is 9.78 Å². The number of rotatable bonds is 4. The van der Waals surface area contributed by atoms with Crippen LogP contribution in [0.3, 0.4) is 0 Å². The highest BCUT2D eigenvalue weighted by molar-refractivity contribution is 5.98. The van der Waals surface area contributed by atoms with Crippen LogP contribution in [0, 0.1) is 6.92 Å². The molecule has 0 spiro atoms. The summed E-state index contributed by atoms with van der Waals surface area (Å²) in [6.07, 6.45) is 6.96. The molecule has 0 aliphatic carbocycles. The van der Waals surface area contributed by atoms with Crippen LogP contribution in [0.15, 0.2) is 60.3 Å². The van der Waals surface area contributed by atoms with Crippen molar-refractivity contribution < 1.29 is 9.59 Å². The number of aryl methyl sites for hydroxylation is 1. The SMILES string of the molecule is CC1=C(C(=O)NCc2cnc3c(C)cccn23)C(c2cccnc2)NC(=O)N1. The number of imidazole rings is 1. The second-order valence-corrected chi connectivity index (χ2v) is 6.67. The summed E-state index contributed by atoms with van der Waals surface area (Å²) < 4.78 is 1.95.